The highest BCUT2D eigenvalue weighted by Gasteiger charge is 2.21. The fraction of sp³-hybridized carbons (Fsp3) is 0.353. The van der Waals surface area contributed by atoms with Gasteiger partial charge in [0.25, 0.3) is 0 Å². The Morgan fingerprint density at radius 3 is 2.44 bits per heavy atom. The minimum absolute atomic E-state index is 0.0481. The summed E-state index contributed by atoms with van der Waals surface area (Å²) < 4.78 is 1.67. The normalized spacial score (nSPS) is 12.7. The number of fused-ring (bicyclic) bond motifs is 1. The fourth-order valence-corrected chi connectivity index (χ4v) is 2.87. The van der Waals surface area contributed by atoms with E-state index in [2.05, 4.69) is 21.9 Å². The summed E-state index contributed by atoms with van der Waals surface area (Å²) in [6, 6.07) is 7.25. The molecule has 0 radical (unpaired) electrons. The molecule has 8 heteroatoms. The summed E-state index contributed by atoms with van der Waals surface area (Å²) in [4.78, 5) is 15.1. The molecule has 1 unspecified atom stereocenters. The molecule has 0 aliphatic rings. The van der Waals surface area contributed by atoms with Crippen molar-refractivity contribution in [3.63, 3.8) is 0 Å². The molecule has 3 aromatic rings. The van der Waals surface area contributed by atoms with Crippen molar-refractivity contribution in [2.24, 2.45) is 0 Å². The second-order valence-corrected chi connectivity index (χ2v) is 6.32. The van der Waals surface area contributed by atoms with E-state index < -0.39 is 6.04 Å². The third-order valence-electron chi connectivity index (χ3n) is 4.42. The molecule has 0 bridgehead atoms. The average molecular weight is 362 g/mol. The first-order valence-electron chi connectivity index (χ1n) is 7.94. The van der Waals surface area contributed by atoms with Crippen molar-refractivity contribution in [3.05, 3.63) is 47.5 Å². The van der Waals surface area contributed by atoms with Crippen LogP contribution in [0, 0.1) is 0 Å². The molecule has 0 amide bonds. The largest absolute Gasteiger partial charge is 0.394 e. The van der Waals surface area contributed by atoms with E-state index in [0.717, 1.165) is 5.56 Å². The van der Waals surface area contributed by atoms with Crippen LogP contribution in [-0.4, -0.2) is 50.0 Å². The van der Waals surface area contributed by atoms with Gasteiger partial charge < -0.3 is 19.7 Å². The van der Waals surface area contributed by atoms with Crippen molar-refractivity contribution in [2.45, 2.75) is 19.0 Å². The zero-order valence-corrected chi connectivity index (χ0v) is 14.8. The Morgan fingerprint density at radius 2 is 1.80 bits per heavy atom. The number of aliphatic hydroxyl groups excluding tert-OH is 2. The van der Waals surface area contributed by atoms with Crippen LogP contribution in [0.25, 0.3) is 11.2 Å². The van der Waals surface area contributed by atoms with Crippen LogP contribution in [0.3, 0.4) is 0 Å². The fourth-order valence-electron chi connectivity index (χ4n) is 2.75. The molecule has 0 aliphatic heterocycles. The Kier molecular flexibility index (Phi) is 5.17. The molecule has 0 aliphatic carbocycles. The molecule has 25 heavy (non-hydrogen) atoms. The van der Waals surface area contributed by atoms with Gasteiger partial charge in [0.1, 0.15) is 6.33 Å². The molecule has 0 saturated heterocycles. The van der Waals surface area contributed by atoms with Crippen LogP contribution in [0.1, 0.15) is 24.6 Å². The minimum atomic E-state index is -0.480. The number of imidazole rings is 1. The van der Waals surface area contributed by atoms with Gasteiger partial charge in [-0.1, -0.05) is 23.7 Å². The van der Waals surface area contributed by atoms with Crippen LogP contribution in [0.2, 0.25) is 5.02 Å². The lowest BCUT2D eigenvalue weighted by atomic mass is 10.1. The number of hydrogen-bond acceptors (Lipinski definition) is 6. The van der Waals surface area contributed by atoms with E-state index in [1.54, 1.807) is 10.9 Å². The van der Waals surface area contributed by atoms with E-state index in [4.69, 9.17) is 11.6 Å². The molecule has 132 valence electrons. The lowest BCUT2D eigenvalue weighted by Crippen LogP contribution is -2.23. The molecule has 2 heterocycles. The van der Waals surface area contributed by atoms with E-state index in [1.165, 1.54) is 6.33 Å². The molecular formula is C17H20ClN5O2. The van der Waals surface area contributed by atoms with Gasteiger partial charge >= 0.3 is 0 Å². The number of nitrogens with zero attached hydrogens (tertiary/aromatic N) is 5. The number of aromatic nitrogens is 4. The Hall–Kier alpha value is -2.22. The Bertz CT molecular complexity index is 848. The standard InChI is InChI=1S/C17H20ClN5O2/c1-11(12-3-5-13(18)6-4-12)22(2)16-15-17(20-9-19-16)23(10-21-15)14(7-24)8-25/h3-6,9-11,14,24-25H,7-8H2,1-2H3. The van der Waals surface area contributed by atoms with Crippen LogP contribution < -0.4 is 4.90 Å². The quantitative estimate of drug-likeness (QED) is 0.700. The topological polar surface area (TPSA) is 87.3 Å². The van der Waals surface area contributed by atoms with Crippen LogP contribution in [0.4, 0.5) is 5.82 Å². The molecule has 2 N–H and O–H groups in total. The first kappa shape index (κ1) is 17.6. The van der Waals surface area contributed by atoms with E-state index >= 15 is 0 Å². The lowest BCUT2D eigenvalue weighted by Gasteiger charge is -2.26. The molecular weight excluding hydrogens is 342 g/mol. The summed E-state index contributed by atoms with van der Waals surface area (Å²) in [5.41, 5.74) is 2.30. The summed E-state index contributed by atoms with van der Waals surface area (Å²) in [6.45, 7) is 1.68. The zero-order chi connectivity index (χ0) is 18.0. The second-order valence-electron chi connectivity index (χ2n) is 5.88. The molecule has 0 saturated carbocycles. The predicted molar refractivity (Wildman–Crippen MR) is 96.8 cm³/mol. The highest BCUT2D eigenvalue weighted by Crippen LogP contribution is 2.29. The number of benzene rings is 1. The smallest absolute Gasteiger partial charge is 0.165 e. The van der Waals surface area contributed by atoms with Crippen molar-refractivity contribution in [2.75, 3.05) is 25.2 Å². The minimum Gasteiger partial charge on any atom is -0.394 e. The Labute approximate surface area is 150 Å². The number of rotatable bonds is 6. The van der Waals surface area contributed by atoms with Crippen molar-refractivity contribution >= 4 is 28.6 Å². The molecule has 2 aromatic heterocycles. The lowest BCUT2D eigenvalue weighted by molar-refractivity contribution is 0.156. The third kappa shape index (κ3) is 3.30. The van der Waals surface area contributed by atoms with Crippen molar-refractivity contribution < 1.29 is 10.2 Å². The van der Waals surface area contributed by atoms with Crippen LogP contribution in [0.5, 0.6) is 0 Å². The zero-order valence-electron chi connectivity index (χ0n) is 14.0. The van der Waals surface area contributed by atoms with Gasteiger partial charge in [0.2, 0.25) is 0 Å². The van der Waals surface area contributed by atoms with E-state index in [-0.39, 0.29) is 19.3 Å². The SMILES string of the molecule is CC(c1ccc(Cl)cc1)N(C)c1ncnc2c1ncn2C(CO)CO. The number of aliphatic hydroxyl groups is 2. The Balaban J connectivity index is 1.99. The van der Waals surface area contributed by atoms with Crippen molar-refractivity contribution in [1.82, 2.24) is 19.5 Å². The highest BCUT2D eigenvalue weighted by atomic mass is 35.5. The van der Waals surface area contributed by atoms with Gasteiger partial charge in [0.05, 0.1) is 31.6 Å². The van der Waals surface area contributed by atoms with E-state index in [0.29, 0.717) is 22.0 Å². The molecule has 7 nitrogen and oxygen atoms in total. The maximum atomic E-state index is 9.42. The maximum Gasteiger partial charge on any atom is 0.165 e. The summed E-state index contributed by atoms with van der Waals surface area (Å²) >= 11 is 5.96. The average Bonchev–Trinajstić information content (AvgIpc) is 3.06. The van der Waals surface area contributed by atoms with Gasteiger partial charge in [-0.2, -0.15) is 0 Å². The van der Waals surface area contributed by atoms with E-state index in [9.17, 15) is 10.2 Å². The van der Waals surface area contributed by atoms with Gasteiger partial charge in [-0.3, -0.25) is 0 Å². The van der Waals surface area contributed by atoms with Gasteiger partial charge in [-0.15, -0.1) is 0 Å². The third-order valence-corrected chi connectivity index (χ3v) is 4.67. The van der Waals surface area contributed by atoms with Gasteiger partial charge in [-0.05, 0) is 24.6 Å². The molecule has 3 rings (SSSR count). The molecule has 1 atom stereocenters. The van der Waals surface area contributed by atoms with Crippen molar-refractivity contribution in [1.29, 1.82) is 0 Å². The molecule has 0 fully saturated rings. The summed E-state index contributed by atoms with van der Waals surface area (Å²) in [6.07, 6.45) is 3.04. The summed E-state index contributed by atoms with van der Waals surface area (Å²) in [7, 11) is 1.94. The summed E-state index contributed by atoms with van der Waals surface area (Å²) in [5, 5.41) is 19.5. The van der Waals surface area contributed by atoms with E-state index in [1.807, 2.05) is 36.2 Å². The van der Waals surface area contributed by atoms with Gasteiger partial charge in [0, 0.05) is 12.1 Å². The number of hydrogen-bond donors (Lipinski definition) is 2. The first-order chi connectivity index (χ1) is 12.1. The first-order valence-corrected chi connectivity index (χ1v) is 8.32. The second kappa shape index (κ2) is 7.35. The summed E-state index contributed by atoms with van der Waals surface area (Å²) in [5.74, 6) is 0.681. The molecule has 1 aromatic carbocycles. The number of anilines is 1. The maximum absolute atomic E-state index is 9.42. The van der Waals surface area contributed by atoms with Gasteiger partial charge in [0.15, 0.2) is 17.0 Å². The predicted octanol–water partition coefficient (Wildman–Crippen LogP) is 2.20. The molecule has 0 spiro atoms. The van der Waals surface area contributed by atoms with Crippen LogP contribution in [-0.2, 0) is 0 Å². The highest BCUT2D eigenvalue weighted by molar-refractivity contribution is 6.30. The monoisotopic (exact) mass is 361 g/mol. The van der Waals surface area contributed by atoms with Crippen LogP contribution in [0.15, 0.2) is 36.9 Å². The van der Waals surface area contributed by atoms with Crippen LogP contribution >= 0.6 is 11.6 Å². The van der Waals surface area contributed by atoms with Gasteiger partial charge in [-0.25, -0.2) is 15.0 Å². The Morgan fingerprint density at radius 1 is 1.12 bits per heavy atom. The van der Waals surface area contributed by atoms with Crippen molar-refractivity contribution in [3.8, 4) is 0 Å². The number of halogens is 1.